The van der Waals surface area contributed by atoms with E-state index in [0.29, 0.717) is 62.4 Å². The van der Waals surface area contributed by atoms with Crippen molar-refractivity contribution in [2.75, 3.05) is 39.6 Å². The van der Waals surface area contributed by atoms with E-state index in [-0.39, 0.29) is 31.3 Å². The molecule has 4 aromatic carbocycles. The summed E-state index contributed by atoms with van der Waals surface area (Å²) in [6.07, 6.45) is 0. The van der Waals surface area contributed by atoms with Crippen LogP contribution in [0.1, 0.15) is 47.1 Å². The van der Waals surface area contributed by atoms with Gasteiger partial charge in [0.25, 0.3) is 0 Å². The first kappa shape index (κ1) is 36.8. The Labute approximate surface area is 286 Å². The molecule has 0 unspecified atom stereocenters. The van der Waals surface area contributed by atoms with Crippen LogP contribution in [-0.2, 0) is 13.7 Å². The largest absolute Gasteiger partial charge is 0.494 e. The molecule has 9 nitrogen and oxygen atoms in total. The van der Waals surface area contributed by atoms with Gasteiger partial charge in [0.15, 0.2) is 0 Å². The van der Waals surface area contributed by atoms with Gasteiger partial charge in [0.05, 0.1) is 44.5 Å². The predicted molar refractivity (Wildman–Crippen MR) is 188 cm³/mol. The summed E-state index contributed by atoms with van der Waals surface area (Å²) in [7, 11) is -7.92. The van der Waals surface area contributed by atoms with Crippen LogP contribution in [0.5, 0.6) is 34.5 Å². The van der Waals surface area contributed by atoms with Crippen LogP contribution in [0, 0.1) is 6.92 Å². The lowest BCUT2D eigenvalue weighted by Gasteiger charge is -2.42. The Balaban J connectivity index is 2.32. The zero-order valence-corrected chi connectivity index (χ0v) is 30.4. The van der Waals surface area contributed by atoms with Crippen LogP contribution < -0.4 is 28.4 Å². The molecule has 0 radical (unpaired) electrons. The molecular weight excluding hydrogens is 653 g/mol. The van der Waals surface area contributed by atoms with E-state index in [9.17, 15) is 8.42 Å². The highest BCUT2D eigenvalue weighted by molar-refractivity contribution is 8.33. The average Bonchev–Trinajstić information content (AvgIpc) is 3.05. The summed E-state index contributed by atoms with van der Waals surface area (Å²) in [5.74, 6) is 2.34. The first-order valence-corrected chi connectivity index (χ1v) is 19.2. The molecule has 0 aliphatic carbocycles. The molecule has 48 heavy (non-hydrogen) atoms. The fraction of sp³-hybridized carbons (Fsp3) is 0.351. The number of hydrogen-bond acceptors (Lipinski definition) is 9. The summed E-state index contributed by atoms with van der Waals surface area (Å²) >= 11 is 0. The first-order chi connectivity index (χ1) is 23.2. The molecule has 0 fully saturated rings. The van der Waals surface area contributed by atoms with Crippen LogP contribution in [-0.4, -0.2) is 48.1 Å². The van der Waals surface area contributed by atoms with Crippen LogP contribution in [0.15, 0.2) is 98.4 Å². The van der Waals surface area contributed by atoms with Crippen molar-refractivity contribution in [3.05, 3.63) is 84.4 Å². The van der Waals surface area contributed by atoms with Crippen molar-refractivity contribution in [1.82, 2.24) is 0 Å². The van der Waals surface area contributed by atoms with Crippen molar-refractivity contribution in [2.45, 2.75) is 68.0 Å². The van der Waals surface area contributed by atoms with Crippen LogP contribution in [0.2, 0.25) is 0 Å². The Morgan fingerprint density at radius 2 is 0.854 bits per heavy atom. The van der Waals surface area contributed by atoms with Crippen LogP contribution in [0.4, 0.5) is 0 Å². The molecule has 0 atom stereocenters. The minimum Gasteiger partial charge on any atom is -0.494 e. The van der Waals surface area contributed by atoms with E-state index in [0.717, 1.165) is 5.56 Å². The summed E-state index contributed by atoms with van der Waals surface area (Å²) in [6, 6.07) is 22.7. The molecule has 4 rings (SSSR count). The molecule has 0 saturated carbocycles. The van der Waals surface area contributed by atoms with Gasteiger partial charge in [-0.1, -0.05) is 35.9 Å². The first-order valence-electron chi connectivity index (χ1n) is 16.2. The quantitative estimate of drug-likeness (QED) is 0.101. The van der Waals surface area contributed by atoms with Crippen molar-refractivity contribution in [3.8, 4) is 34.5 Å². The topological polar surface area (TPSA) is 98.8 Å². The summed E-state index contributed by atoms with van der Waals surface area (Å²) in [5.41, 5.74) is 0.906. The van der Waals surface area contributed by atoms with E-state index in [2.05, 4.69) is 0 Å². The highest BCUT2D eigenvalue weighted by Gasteiger charge is 2.47. The van der Waals surface area contributed by atoms with Gasteiger partial charge < -0.3 is 28.4 Å². The summed E-state index contributed by atoms with van der Waals surface area (Å²) < 4.78 is 73.4. The molecule has 0 aliphatic rings. The lowest BCUT2D eigenvalue weighted by Crippen LogP contribution is -2.18. The van der Waals surface area contributed by atoms with Gasteiger partial charge in [-0.25, -0.2) is 3.63 Å². The van der Waals surface area contributed by atoms with Gasteiger partial charge in [-0.05, 0) is 83.0 Å². The van der Waals surface area contributed by atoms with Gasteiger partial charge in [-0.3, -0.25) is 0 Å². The third-order valence-corrected chi connectivity index (χ3v) is 12.2. The normalized spacial score (nSPS) is 11.9. The van der Waals surface area contributed by atoms with E-state index < -0.39 is 20.4 Å². The molecule has 260 valence electrons. The molecule has 11 heteroatoms. The smallest absolute Gasteiger partial charge is 0.307 e. The summed E-state index contributed by atoms with van der Waals surface area (Å²) in [4.78, 5) is 1.28. The molecule has 0 bridgehead atoms. The lowest BCUT2D eigenvalue weighted by atomic mass is 10.2. The Kier molecular flexibility index (Phi) is 12.9. The van der Waals surface area contributed by atoms with Crippen molar-refractivity contribution >= 4 is 20.4 Å². The van der Waals surface area contributed by atoms with Crippen LogP contribution in [0.25, 0.3) is 0 Å². The highest BCUT2D eigenvalue weighted by atomic mass is 32.3. The van der Waals surface area contributed by atoms with E-state index in [4.69, 9.17) is 32.1 Å². The minimum absolute atomic E-state index is 0.00961. The van der Waals surface area contributed by atoms with E-state index >= 15 is 0 Å². The number of hydrogen-bond donors (Lipinski definition) is 0. The van der Waals surface area contributed by atoms with E-state index in [1.165, 1.54) is 12.1 Å². The molecule has 0 aliphatic heterocycles. The molecule has 0 N–H and O–H groups in total. The monoisotopic (exact) mass is 698 g/mol. The molecule has 0 saturated heterocycles. The average molecular weight is 699 g/mol. The maximum Gasteiger partial charge on any atom is 0.307 e. The van der Waals surface area contributed by atoms with Gasteiger partial charge >= 0.3 is 10.1 Å². The Morgan fingerprint density at radius 1 is 0.479 bits per heavy atom. The van der Waals surface area contributed by atoms with Crippen molar-refractivity contribution in [1.29, 1.82) is 0 Å². The molecule has 0 amide bonds. The van der Waals surface area contributed by atoms with Crippen molar-refractivity contribution in [2.24, 2.45) is 0 Å². The van der Waals surface area contributed by atoms with Gasteiger partial charge in [0, 0.05) is 29.2 Å². The second-order valence-electron chi connectivity index (χ2n) is 10.3. The second-order valence-corrected chi connectivity index (χ2v) is 14.6. The minimum atomic E-state index is -4.49. The fourth-order valence-corrected chi connectivity index (χ4v) is 10.7. The molecule has 0 spiro atoms. The van der Waals surface area contributed by atoms with Crippen LogP contribution in [0.3, 0.4) is 0 Å². The second kappa shape index (κ2) is 16.9. The SMILES string of the molecule is CCOc1cc(OCC)c(S(OS(=O)(=O)c2ccc(C)cc2)(c2ccccc2)c2c(OCC)cc(OCC)cc2OCC)c(OCC)c1. The zero-order valence-electron chi connectivity index (χ0n) is 28.7. The number of aryl methyl sites for hydroxylation is 1. The predicted octanol–water partition coefficient (Wildman–Crippen LogP) is 8.99. The van der Waals surface area contributed by atoms with E-state index in [1.807, 2.05) is 78.8 Å². The van der Waals surface area contributed by atoms with E-state index in [1.54, 1.807) is 36.4 Å². The highest BCUT2D eigenvalue weighted by Crippen LogP contribution is 2.78. The number of rotatable bonds is 18. The third kappa shape index (κ3) is 7.97. The fourth-order valence-electron chi connectivity index (χ4n) is 5.16. The summed E-state index contributed by atoms with van der Waals surface area (Å²) in [5, 5.41) is 0. The van der Waals surface area contributed by atoms with Gasteiger partial charge in [0.2, 0.25) is 0 Å². The Bertz CT molecular complexity index is 1620. The Morgan fingerprint density at radius 3 is 1.21 bits per heavy atom. The molecular formula is C37H46O9S2. The zero-order chi connectivity index (χ0) is 34.7. The maximum atomic E-state index is 14.7. The maximum absolute atomic E-state index is 14.7. The van der Waals surface area contributed by atoms with Crippen molar-refractivity contribution in [3.63, 3.8) is 0 Å². The number of ether oxygens (including phenoxy) is 6. The molecule has 0 aromatic heterocycles. The van der Waals surface area contributed by atoms with Gasteiger partial charge in [0.1, 0.15) is 44.3 Å². The van der Waals surface area contributed by atoms with Gasteiger partial charge in [-0.15, -0.1) is 0 Å². The van der Waals surface area contributed by atoms with Crippen LogP contribution >= 0.6 is 10.3 Å². The standard InChI is InChI=1S/C37H46O9S2/c1-8-40-28-23-32(42-10-3)36(33(24-28)43-11-4)47(30-17-15-14-16-18-30,46-48(38,39)31-21-19-27(7)20-22-31)37-34(44-12-5)25-29(41-9-2)26-35(37)45-13-6/h14-26H,8-13H2,1-7H3. The Hall–Kier alpha value is -4.06. The number of benzene rings is 4. The lowest BCUT2D eigenvalue weighted by molar-refractivity contribution is 0.291. The van der Waals surface area contributed by atoms with Crippen molar-refractivity contribution < 1.29 is 40.5 Å². The molecule has 4 aromatic rings. The molecule has 0 heterocycles. The third-order valence-electron chi connectivity index (χ3n) is 6.96. The summed E-state index contributed by atoms with van der Waals surface area (Å²) in [6.45, 7) is 14.9. The van der Waals surface area contributed by atoms with Gasteiger partial charge in [-0.2, -0.15) is 8.42 Å².